The van der Waals surface area contributed by atoms with Crippen molar-refractivity contribution in [3.8, 4) is 6.07 Å². The van der Waals surface area contributed by atoms with Gasteiger partial charge in [0.2, 0.25) is 0 Å². The largest absolute Gasteiger partial charge is 0.381 e. The second kappa shape index (κ2) is 9.40. The Balaban J connectivity index is 1.36. The van der Waals surface area contributed by atoms with Gasteiger partial charge < -0.3 is 9.64 Å². The van der Waals surface area contributed by atoms with Gasteiger partial charge in [-0.1, -0.05) is 6.07 Å². The number of benzene rings is 1. The number of amides is 1. The van der Waals surface area contributed by atoms with Crippen LogP contribution in [0.4, 0.5) is 0 Å². The summed E-state index contributed by atoms with van der Waals surface area (Å²) in [5.74, 6) is 0.882. The summed E-state index contributed by atoms with van der Waals surface area (Å²) in [5, 5.41) is 8.92. The minimum atomic E-state index is 0.0207. The first-order chi connectivity index (χ1) is 15.0. The van der Waals surface area contributed by atoms with Gasteiger partial charge in [0.05, 0.1) is 18.8 Å². The number of rotatable bonds is 6. The molecule has 2 saturated heterocycles. The van der Waals surface area contributed by atoms with Crippen LogP contribution in [0.3, 0.4) is 0 Å². The summed E-state index contributed by atoms with van der Waals surface area (Å²) in [6.07, 6.45) is 4.24. The number of pyridine rings is 1. The second-order valence-electron chi connectivity index (χ2n) is 8.61. The van der Waals surface area contributed by atoms with Gasteiger partial charge in [-0.3, -0.25) is 14.6 Å². The Morgan fingerprint density at radius 2 is 1.97 bits per heavy atom. The van der Waals surface area contributed by atoms with E-state index in [-0.39, 0.29) is 11.7 Å². The van der Waals surface area contributed by atoms with Gasteiger partial charge in [0.15, 0.2) is 0 Å². The number of piperidine rings is 1. The van der Waals surface area contributed by atoms with Gasteiger partial charge in [0.1, 0.15) is 11.9 Å². The lowest BCUT2D eigenvalue weighted by Crippen LogP contribution is -2.38. The van der Waals surface area contributed by atoms with Crippen LogP contribution in [0.25, 0.3) is 0 Å². The predicted molar refractivity (Wildman–Crippen MR) is 116 cm³/mol. The quantitative estimate of drug-likeness (QED) is 0.719. The molecular weight excluding hydrogens is 390 g/mol. The molecule has 6 heteroatoms. The molecular formula is C25H27N3O3. The number of hydrogen-bond donors (Lipinski definition) is 0. The van der Waals surface area contributed by atoms with Crippen LogP contribution < -0.4 is 0 Å². The Hall–Kier alpha value is -3.04. The summed E-state index contributed by atoms with van der Waals surface area (Å²) < 4.78 is 5.15. The minimum absolute atomic E-state index is 0.0207. The predicted octanol–water partition coefficient (Wildman–Crippen LogP) is 3.43. The van der Waals surface area contributed by atoms with Gasteiger partial charge >= 0.3 is 0 Å². The van der Waals surface area contributed by atoms with Crippen LogP contribution in [-0.2, 0) is 16.0 Å². The van der Waals surface area contributed by atoms with Crippen LogP contribution in [-0.4, -0.2) is 47.9 Å². The summed E-state index contributed by atoms with van der Waals surface area (Å²) in [4.78, 5) is 31.8. The van der Waals surface area contributed by atoms with E-state index in [2.05, 4.69) is 11.1 Å². The summed E-state index contributed by atoms with van der Waals surface area (Å²) in [6.45, 7) is 4.69. The van der Waals surface area contributed by atoms with Crippen molar-refractivity contribution in [1.29, 1.82) is 5.26 Å². The van der Waals surface area contributed by atoms with E-state index in [0.717, 1.165) is 29.7 Å². The number of aryl methyl sites for hydroxylation is 1. The maximum atomic E-state index is 13.1. The fraction of sp³-hybridized carbons (Fsp3) is 0.440. The lowest BCUT2D eigenvalue weighted by molar-refractivity contribution is -0.123. The average molecular weight is 418 g/mol. The molecule has 0 bridgehead atoms. The highest BCUT2D eigenvalue weighted by atomic mass is 16.5. The van der Waals surface area contributed by atoms with E-state index >= 15 is 0 Å². The lowest BCUT2D eigenvalue weighted by atomic mass is 9.92. The Bertz CT molecular complexity index is 998. The van der Waals surface area contributed by atoms with E-state index in [1.807, 2.05) is 36.1 Å². The fourth-order valence-corrected chi connectivity index (χ4v) is 4.28. The zero-order chi connectivity index (χ0) is 21.8. The van der Waals surface area contributed by atoms with Gasteiger partial charge in [0.25, 0.3) is 5.91 Å². The number of hydrogen-bond acceptors (Lipinski definition) is 5. The number of carbonyl (C=O) groups is 2. The van der Waals surface area contributed by atoms with Gasteiger partial charge in [-0.2, -0.15) is 5.26 Å². The number of ether oxygens (including phenoxy) is 1. The molecule has 0 N–H and O–H groups in total. The zero-order valence-corrected chi connectivity index (χ0v) is 17.8. The van der Waals surface area contributed by atoms with Crippen molar-refractivity contribution >= 4 is 11.7 Å². The van der Waals surface area contributed by atoms with Crippen molar-refractivity contribution in [2.75, 3.05) is 26.3 Å². The molecule has 4 rings (SSSR count). The minimum Gasteiger partial charge on any atom is -0.381 e. The van der Waals surface area contributed by atoms with E-state index in [1.165, 1.54) is 0 Å². The van der Waals surface area contributed by atoms with Crippen molar-refractivity contribution in [2.45, 2.75) is 38.5 Å². The summed E-state index contributed by atoms with van der Waals surface area (Å²) in [7, 11) is 0. The Morgan fingerprint density at radius 1 is 1.19 bits per heavy atom. The van der Waals surface area contributed by atoms with Gasteiger partial charge in [-0.05, 0) is 55.2 Å². The molecule has 6 nitrogen and oxygen atoms in total. The first-order valence-corrected chi connectivity index (χ1v) is 10.9. The molecule has 0 spiro atoms. The molecule has 0 saturated carbocycles. The molecule has 2 aromatic rings. The Kier molecular flexibility index (Phi) is 6.43. The van der Waals surface area contributed by atoms with E-state index in [9.17, 15) is 9.59 Å². The molecule has 0 radical (unpaired) electrons. The number of carbonyl (C=O) groups excluding carboxylic acids is 2. The molecule has 2 aliphatic heterocycles. The number of nitrogens with zero attached hydrogens (tertiary/aromatic N) is 3. The standard InChI is InChI=1S/C25H27N3O3/c1-17-2-4-21(11-22(17)12-23(29)10-19-15-31-16-19)25(30)28-8-6-20(7-9-28)24-5-3-18(13-26)14-27-24/h2-5,11,14,19-20H,6-10,12,15-16H2,1H3. The maximum Gasteiger partial charge on any atom is 0.253 e. The van der Waals surface area contributed by atoms with Crippen LogP contribution in [0, 0.1) is 24.2 Å². The van der Waals surface area contributed by atoms with Crippen molar-refractivity contribution in [3.05, 3.63) is 64.5 Å². The van der Waals surface area contributed by atoms with Crippen LogP contribution >= 0.6 is 0 Å². The number of likely N-dealkylation sites (tertiary alicyclic amines) is 1. The topological polar surface area (TPSA) is 83.3 Å². The highest BCUT2D eigenvalue weighted by Crippen LogP contribution is 2.28. The molecule has 0 atom stereocenters. The van der Waals surface area contributed by atoms with Crippen molar-refractivity contribution in [2.24, 2.45) is 5.92 Å². The van der Waals surface area contributed by atoms with Crippen LogP contribution in [0.2, 0.25) is 0 Å². The molecule has 160 valence electrons. The van der Waals surface area contributed by atoms with Crippen molar-refractivity contribution in [3.63, 3.8) is 0 Å². The molecule has 1 aromatic heterocycles. The van der Waals surface area contributed by atoms with E-state index in [4.69, 9.17) is 10.00 Å². The van der Waals surface area contributed by atoms with Crippen LogP contribution in [0.5, 0.6) is 0 Å². The van der Waals surface area contributed by atoms with Crippen LogP contribution in [0.15, 0.2) is 36.5 Å². The molecule has 2 aliphatic rings. The summed E-state index contributed by atoms with van der Waals surface area (Å²) >= 11 is 0. The van der Waals surface area contributed by atoms with Crippen molar-refractivity contribution < 1.29 is 14.3 Å². The summed E-state index contributed by atoms with van der Waals surface area (Å²) in [5.41, 5.74) is 4.17. The van der Waals surface area contributed by atoms with Crippen molar-refractivity contribution in [1.82, 2.24) is 9.88 Å². The smallest absolute Gasteiger partial charge is 0.253 e. The molecule has 31 heavy (non-hydrogen) atoms. The van der Waals surface area contributed by atoms with E-state index in [0.29, 0.717) is 62.1 Å². The molecule has 0 unspecified atom stereocenters. The normalized spacial score (nSPS) is 17.1. The third-order valence-electron chi connectivity index (χ3n) is 6.32. The zero-order valence-electron chi connectivity index (χ0n) is 17.8. The fourth-order valence-electron chi connectivity index (χ4n) is 4.28. The lowest BCUT2D eigenvalue weighted by Gasteiger charge is -2.32. The molecule has 1 amide bonds. The second-order valence-corrected chi connectivity index (χ2v) is 8.61. The first-order valence-electron chi connectivity index (χ1n) is 10.9. The highest BCUT2D eigenvalue weighted by molar-refractivity contribution is 5.95. The average Bonchev–Trinajstić information content (AvgIpc) is 2.77. The van der Waals surface area contributed by atoms with E-state index < -0.39 is 0 Å². The monoisotopic (exact) mass is 417 g/mol. The molecule has 2 fully saturated rings. The van der Waals surface area contributed by atoms with E-state index in [1.54, 1.807) is 12.3 Å². The summed E-state index contributed by atoms with van der Waals surface area (Å²) in [6, 6.07) is 11.5. The number of ketones is 1. The third kappa shape index (κ3) is 5.00. The Labute approximate surface area is 182 Å². The van der Waals surface area contributed by atoms with Gasteiger partial charge in [0, 0.05) is 55.2 Å². The molecule has 1 aromatic carbocycles. The number of Topliss-reactive ketones (excluding diaryl/α,β-unsaturated/α-hetero) is 1. The SMILES string of the molecule is Cc1ccc(C(=O)N2CCC(c3ccc(C#N)cn3)CC2)cc1CC(=O)CC1COC1. The maximum absolute atomic E-state index is 13.1. The third-order valence-corrected chi connectivity index (χ3v) is 6.32. The number of nitriles is 1. The van der Waals surface area contributed by atoms with Gasteiger partial charge in [-0.15, -0.1) is 0 Å². The van der Waals surface area contributed by atoms with Gasteiger partial charge in [-0.25, -0.2) is 0 Å². The Morgan fingerprint density at radius 3 is 2.58 bits per heavy atom. The highest BCUT2D eigenvalue weighted by Gasteiger charge is 2.26. The molecule has 3 heterocycles. The number of aromatic nitrogens is 1. The molecule has 0 aliphatic carbocycles. The van der Waals surface area contributed by atoms with Crippen LogP contribution in [0.1, 0.15) is 57.9 Å². The first kappa shape index (κ1) is 21.2.